The maximum atomic E-state index is 13.2. The van der Waals surface area contributed by atoms with E-state index in [9.17, 15) is 18.8 Å². The number of hydrogen-bond acceptors (Lipinski definition) is 4. The largest absolute Gasteiger partial charge is 0.494 e. The highest BCUT2D eigenvalue weighted by atomic mass is 35.5. The number of nitrogens with zero attached hydrogens (tertiary/aromatic N) is 1. The molecule has 0 bridgehead atoms. The van der Waals surface area contributed by atoms with Gasteiger partial charge in [0.15, 0.2) is 0 Å². The second-order valence-corrected chi connectivity index (χ2v) is 6.22. The smallest absolute Gasteiger partial charge is 0.262 e. The summed E-state index contributed by atoms with van der Waals surface area (Å²) in [6, 6.07) is 6.14. The van der Waals surface area contributed by atoms with Crippen molar-refractivity contribution in [1.29, 1.82) is 0 Å². The third-order valence-electron chi connectivity index (χ3n) is 3.75. The molecule has 1 heterocycles. The first-order valence-electron chi connectivity index (χ1n) is 7.30. The van der Waals surface area contributed by atoms with Gasteiger partial charge < -0.3 is 10.1 Å². The molecule has 1 aliphatic heterocycles. The second kappa shape index (κ2) is 6.93. The normalized spacial score (nSPS) is 13.0. The van der Waals surface area contributed by atoms with E-state index in [0.717, 1.165) is 17.0 Å². The molecular weight excluding hydrogens is 386 g/mol. The number of benzene rings is 2. The number of imide groups is 1. The third kappa shape index (κ3) is 3.23. The van der Waals surface area contributed by atoms with Gasteiger partial charge in [0.05, 0.1) is 34.0 Å². The molecule has 9 heteroatoms. The number of ether oxygens (including phenoxy) is 1. The van der Waals surface area contributed by atoms with Gasteiger partial charge in [-0.15, -0.1) is 0 Å². The monoisotopic (exact) mass is 396 g/mol. The Kier molecular flexibility index (Phi) is 4.84. The number of carbonyl (C=O) groups excluding carboxylic acids is 3. The predicted octanol–water partition coefficient (Wildman–Crippen LogP) is 3.38. The number of fused-ring (bicyclic) bond motifs is 1. The van der Waals surface area contributed by atoms with E-state index in [4.69, 9.17) is 27.9 Å². The molecule has 0 unspecified atom stereocenters. The van der Waals surface area contributed by atoms with Gasteiger partial charge in [0.2, 0.25) is 5.91 Å². The Morgan fingerprint density at radius 3 is 2.23 bits per heavy atom. The van der Waals surface area contributed by atoms with Gasteiger partial charge in [-0.25, -0.2) is 4.39 Å². The Hall–Kier alpha value is -2.64. The Balaban J connectivity index is 1.79. The minimum Gasteiger partial charge on any atom is -0.494 e. The van der Waals surface area contributed by atoms with E-state index < -0.39 is 30.1 Å². The number of halogens is 3. The van der Waals surface area contributed by atoms with Crippen molar-refractivity contribution in [3.05, 3.63) is 57.3 Å². The van der Waals surface area contributed by atoms with Crippen LogP contribution in [0.2, 0.25) is 10.0 Å². The number of carbonyl (C=O) groups is 3. The van der Waals surface area contributed by atoms with E-state index in [1.165, 1.54) is 25.3 Å². The highest BCUT2D eigenvalue weighted by Crippen LogP contribution is 2.31. The van der Waals surface area contributed by atoms with Crippen molar-refractivity contribution < 1.29 is 23.5 Å². The van der Waals surface area contributed by atoms with Crippen molar-refractivity contribution in [2.24, 2.45) is 0 Å². The van der Waals surface area contributed by atoms with Gasteiger partial charge in [-0.05, 0) is 24.3 Å². The molecule has 3 rings (SSSR count). The molecule has 1 N–H and O–H groups in total. The van der Waals surface area contributed by atoms with Crippen molar-refractivity contribution >= 4 is 46.6 Å². The van der Waals surface area contributed by atoms with Crippen molar-refractivity contribution in [1.82, 2.24) is 4.90 Å². The Morgan fingerprint density at radius 2 is 1.69 bits per heavy atom. The highest BCUT2D eigenvalue weighted by Gasteiger charge is 2.37. The van der Waals surface area contributed by atoms with Crippen LogP contribution in [-0.4, -0.2) is 36.3 Å². The summed E-state index contributed by atoms with van der Waals surface area (Å²) in [6.07, 6.45) is 0. The van der Waals surface area contributed by atoms with Crippen LogP contribution < -0.4 is 10.1 Å². The molecule has 0 saturated heterocycles. The van der Waals surface area contributed by atoms with Crippen LogP contribution in [0.4, 0.5) is 10.1 Å². The molecule has 134 valence electrons. The summed E-state index contributed by atoms with van der Waals surface area (Å²) in [5.41, 5.74) is 0.370. The lowest BCUT2D eigenvalue weighted by Crippen LogP contribution is -2.37. The molecule has 0 aliphatic carbocycles. The van der Waals surface area contributed by atoms with E-state index in [2.05, 4.69) is 5.32 Å². The van der Waals surface area contributed by atoms with Crippen LogP contribution in [0.15, 0.2) is 30.3 Å². The first-order valence-corrected chi connectivity index (χ1v) is 8.06. The molecule has 0 fully saturated rings. The maximum Gasteiger partial charge on any atom is 0.262 e. The van der Waals surface area contributed by atoms with Gasteiger partial charge in [-0.3, -0.25) is 19.3 Å². The molecule has 3 amide bonds. The standard InChI is InChI=1S/C17H11Cl2FN2O4/c1-26-14-4-8(20)2-3-13(14)21-15(23)7-22-16(24)9-5-11(18)12(19)6-10(9)17(22)25/h2-6H,7H2,1H3,(H,21,23). The van der Waals surface area contributed by atoms with Gasteiger partial charge in [0.25, 0.3) is 11.8 Å². The summed E-state index contributed by atoms with van der Waals surface area (Å²) in [4.78, 5) is 37.8. The highest BCUT2D eigenvalue weighted by molar-refractivity contribution is 6.43. The minimum absolute atomic E-state index is 0.0802. The second-order valence-electron chi connectivity index (χ2n) is 5.40. The Labute approximate surface area is 157 Å². The maximum absolute atomic E-state index is 13.2. The molecule has 0 radical (unpaired) electrons. The average Bonchev–Trinajstić information content (AvgIpc) is 2.81. The lowest BCUT2D eigenvalue weighted by molar-refractivity contribution is -0.116. The zero-order chi connectivity index (χ0) is 19.0. The lowest BCUT2D eigenvalue weighted by atomic mass is 10.1. The van der Waals surface area contributed by atoms with Crippen LogP contribution in [0.25, 0.3) is 0 Å². The summed E-state index contributed by atoms with van der Waals surface area (Å²) in [5.74, 6) is -2.37. The van der Waals surface area contributed by atoms with Crippen LogP contribution in [-0.2, 0) is 4.79 Å². The van der Waals surface area contributed by atoms with Crippen molar-refractivity contribution in [3.8, 4) is 5.75 Å². The van der Waals surface area contributed by atoms with E-state index in [0.29, 0.717) is 0 Å². The van der Waals surface area contributed by atoms with E-state index in [-0.39, 0.29) is 32.6 Å². The number of rotatable bonds is 4. The fraction of sp³-hybridized carbons (Fsp3) is 0.118. The molecule has 0 saturated carbocycles. The summed E-state index contributed by atoms with van der Waals surface area (Å²) >= 11 is 11.7. The zero-order valence-electron chi connectivity index (χ0n) is 13.3. The molecule has 0 aromatic heterocycles. The van der Waals surface area contributed by atoms with Crippen LogP contribution >= 0.6 is 23.2 Å². The molecular formula is C17H11Cl2FN2O4. The fourth-order valence-electron chi connectivity index (χ4n) is 2.53. The van der Waals surface area contributed by atoms with Crippen molar-refractivity contribution in [3.63, 3.8) is 0 Å². The van der Waals surface area contributed by atoms with Gasteiger partial charge in [0, 0.05) is 6.07 Å². The lowest BCUT2D eigenvalue weighted by Gasteiger charge is -2.15. The first kappa shape index (κ1) is 18.2. The van der Waals surface area contributed by atoms with E-state index >= 15 is 0 Å². The quantitative estimate of drug-likeness (QED) is 0.803. The molecule has 0 atom stereocenters. The SMILES string of the molecule is COc1cc(F)ccc1NC(=O)CN1C(=O)c2cc(Cl)c(Cl)cc2C1=O. The zero-order valence-corrected chi connectivity index (χ0v) is 14.8. The van der Waals surface area contributed by atoms with Gasteiger partial charge >= 0.3 is 0 Å². The van der Waals surface area contributed by atoms with Gasteiger partial charge in [-0.1, -0.05) is 23.2 Å². The number of amides is 3. The van der Waals surface area contributed by atoms with Crippen LogP contribution in [0, 0.1) is 5.82 Å². The van der Waals surface area contributed by atoms with Crippen molar-refractivity contribution in [2.45, 2.75) is 0 Å². The first-order chi connectivity index (χ1) is 12.3. The summed E-state index contributed by atoms with van der Waals surface area (Å²) in [7, 11) is 1.32. The summed E-state index contributed by atoms with van der Waals surface area (Å²) < 4.78 is 18.2. The van der Waals surface area contributed by atoms with Gasteiger partial charge in [-0.2, -0.15) is 0 Å². The predicted molar refractivity (Wildman–Crippen MR) is 93.4 cm³/mol. The molecule has 2 aromatic carbocycles. The molecule has 26 heavy (non-hydrogen) atoms. The van der Waals surface area contributed by atoms with Crippen molar-refractivity contribution in [2.75, 3.05) is 19.0 Å². The average molecular weight is 397 g/mol. The third-order valence-corrected chi connectivity index (χ3v) is 4.47. The van der Waals surface area contributed by atoms with Gasteiger partial charge in [0.1, 0.15) is 18.1 Å². The Bertz CT molecular complexity index is 908. The topological polar surface area (TPSA) is 75.7 Å². The van der Waals surface area contributed by atoms with E-state index in [1.54, 1.807) is 0 Å². The number of methoxy groups -OCH3 is 1. The number of nitrogens with one attached hydrogen (secondary N) is 1. The van der Waals surface area contributed by atoms with E-state index in [1.807, 2.05) is 0 Å². The minimum atomic E-state index is -0.651. The van der Waals surface area contributed by atoms with Crippen LogP contribution in [0.1, 0.15) is 20.7 Å². The molecule has 2 aromatic rings. The fourth-order valence-corrected chi connectivity index (χ4v) is 2.86. The van der Waals surface area contributed by atoms with Crippen LogP contribution in [0.3, 0.4) is 0 Å². The molecule has 6 nitrogen and oxygen atoms in total. The number of hydrogen-bond donors (Lipinski definition) is 1. The molecule has 0 spiro atoms. The summed E-state index contributed by atoms with van der Waals surface area (Å²) in [5, 5.41) is 2.74. The number of anilines is 1. The Morgan fingerprint density at radius 1 is 1.12 bits per heavy atom. The molecule has 1 aliphatic rings. The summed E-state index contributed by atoms with van der Waals surface area (Å²) in [6.45, 7) is -0.526. The van der Waals surface area contributed by atoms with Crippen LogP contribution in [0.5, 0.6) is 5.75 Å².